The van der Waals surface area contributed by atoms with E-state index in [9.17, 15) is 4.79 Å². The molecule has 0 aliphatic carbocycles. The lowest BCUT2D eigenvalue weighted by molar-refractivity contribution is -0.126. The summed E-state index contributed by atoms with van der Waals surface area (Å²) in [5.74, 6) is 1.16. The number of nitrogens with zero attached hydrogens (tertiary/aromatic N) is 3. The Morgan fingerprint density at radius 2 is 1.80 bits per heavy atom. The molecule has 8 heteroatoms. The summed E-state index contributed by atoms with van der Waals surface area (Å²) < 4.78 is 7.51. The molecule has 0 radical (unpaired) electrons. The maximum atomic E-state index is 12.4. The maximum absolute atomic E-state index is 12.4. The van der Waals surface area contributed by atoms with Crippen molar-refractivity contribution in [1.82, 2.24) is 20.1 Å². The molecule has 4 aromatic rings. The predicted octanol–water partition coefficient (Wildman–Crippen LogP) is 5.66. The van der Waals surface area contributed by atoms with Crippen LogP contribution in [0.15, 0.2) is 78.0 Å². The monoisotopic (exact) mass is 506 g/mol. The maximum Gasteiger partial charge on any atom is 0.246 e. The minimum absolute atomic E-state index is 0.0335. The number of benzene rings is 3. The van der Waals surface area contributed by atoms with Crippen molar-refractivity contribution in [3.8, 4) is 5.69 Å². The smallest absolute Gasteiger partial charge is 0.246 e. The summed E-state index contributed by atoms with van der Waals surface area (Å²) in [5.41, 5.74) is 5.36. The first kappa shape index (κ1) is 25.0. The van der Waals surface area contributed by atoms with Crippen LogP contribution in [-0.4, -0.2) is 27.3 Å². The number of thioether (sulfide) groups is 1. The van der Waals surface area contributed by atoms with Gasteiger partial charge in [0, 0.05) is 10.8 Å². The number of halogens is 1. The van der Waals surface area contributed by atoms with E-state index in [2.05, 4.69) is 46.7 Å². The highest BCUT2D eigenvalue weighted by Crippen LogP contribution is 2.28. The van der Waals surface area contributed by atoms with E-state index in [1.54, 1.807) is 11.8 Å². The lowest BCUT2D eigenvalue weighted by Gasteiger charge is -2.14. The Balaban J connectivity index is 1.47. The van der Waals surface area contributed by atoms with Gasteiger partial charge >= 0.3 is 0 Å². The molecule has 0 atom stereocenters. The number of hydrogen-bond donors (Lipinski definition) is 1. The van der Waals surface area contributed by atoms with Gasteiger partial charge in [-0.3, -0.25) is 9.36 Å². The molecule has 1 heterocycles. The van der Waals surface area contributed by atoms with Crippen LogP contribution in [0.2, 0.25) is 5.02 Å². The molecule has 180 valence electrons. The summed E-state index contributed by atoms with van der Waals surface area (Å²) in [6.07, 6.45) is 0. The Labute approximate surface area is 214 Å². The van der Waals surface area contributed by atoms with Crippen LogP contribution in [0.25, 0.3) is 5.69 Å². The molecule has 0 unspecified atom stereocenters. The Morgan fingerprint density at radius 1 is 1.00 bits per heavy atom. The zero-order valence-electron chi connectivity index (χ0n) is 19.7. The summed E-state index contributed by atoms with van der Waals surface area (Å²) in [6, 6.07) is 23.9. The zero-order valence-corrected chi connectivity index (χ0v) is 21.3. The van der Waals surface area contributed by atoms with Gasteiger partial charge in [0.25, 0.3) is 0 Å². The Kier molecular flexibility index (Phi) is 8.58. The van der Waals surface area contributed by atoms with Crippen LogP contribution in [0.5, 0.6) is 0 Å². The summed E-state index contributed by atoms with van der Waals surface area (Å²) in [4.78, 5) is 12.4. The van der Waals surface area contributed by atoms with Crippen LogP contribution in [0.3, 0.4) is 0 Å². The molecule has 0 aliphatic heterocycles. The van der Waals surface area contributed by atoms with Crippen molar-refractivity contribution in [2.75, 3.05) is 6.61 Å². The number of aromatic nitrogens is 3. The van der Waals surface area contributed by atoms with Crippen LogP contribution in [0.1, 0.15) is 28.1 Å². The van der Waals surface area contributed by atoms with Crippen molar-refractivity contribution in [3.63, 3.8) is 0 Å². The number of aryl methyl sites for hydroxylation is 2. The largest absolute Gasteiger partial charge is 0.367 e. The number of hydrogen-bond acceptors (Lipinski definition) is 5. The van der Waals surface area contributed by atoms with Crippen LogP contribution in [0, 0.1) is 13.8 Å². The van der Waals surface area contributed by atoms with E-state index in [1.807, 2.05) is 60.0 Å². The molecule has 6 nitrogen and oxygen atoms in total. The van der Waals surface area contributed by atoms with Crippen molar-refractivity contribution in [1.29, 1.82) is 0 Å². The van der Waals surface area contributed by atoms with E-state index in [0.29, 0.717) is 17.5 Å². The fourth-order valence-electron chi connectivity index (χ4n) is 3.59. The van der Waals surface area contributed by atoms with E-state index >= 15 is 0 Å². The van der Waals surface area contributed by atoms with Gasteiger partial charge in [-0.05, 0) is 42.7 Å². The summed E-state index contributed by atoms with van der Waals surface area (Å²) in [6.45, 7) is 4.66. The van der Waals surface area contributed by atoms with Crippen LogP contribution >= 0.6 is 23.4 Å². The van der Waals surface area contributed by atoms with Gasteiger partial charge in [0.05, 0.1) is 18.8 Å². The fraction of sp³-hybridized carbons (Fsp3) is 0.222. The second-order valence-electron chi connectivity index (χ2n) is 8.20. The van der Waals surface area contributed by atoms with Crippen molar-refractivity contribution >= 4 is 29.3 Å². The lowest BCUT2D eigenvalue weighted by atomic mass is 10.2. The molecular formula is C27H27ClN4O2S. The minimum atomic E-state index is -0.215. The molecule has 4 rings (SSSR count). The minimum Gasteiger partial charge on any atom is -0.367 e. The van der Waals surface area contributed by atoms with Gasteiger partial charge in [0.15, 0.2) is 11.0 Å². The highest BCUT2D eigenvalue weighted by atomic mass is 35.5. The lowest BCUT2D eigenvalue weighted by Crippen LogP contribution is -2.28. The van der Waals surface area contributed by atoms with E-state index in [0.717, 1.165) is 27.7 Å². The van der Waals surface area contributed by atoms with Crippen molar-refractivity contribution in [3.05, 3.63) is 106 Å². The molecule has 0 spiro atoms. The number of ether oxygens (including phenoxy) is 1. The molecule has 0 aliphatic rings. The number of rotatable bonds is 10. The Morgan fingerprint density at radius 3 is 2.60 bits per heavy atom. The second-order valence-corrected chi connectivity index (χ2v) is 9.58. The number of amides is 1. The van der Waals surface area contributed by atoms with Gasteiger partial charge < -0.3 is 10.1 Å². The summed E-state index contributed by atoms with van der Waals surface area (Å²) >= 11 is 7.91. The third-order valence-corrected chi connectivity index (χ3v) is 6.59. The molecule has 0 saturated heterocycles. The third-order valence-electron chi connectivity index (χ3n) is 5.35. The highest BCUT2D eigenvalue weighted by molar-refractivity contribution is 7.98. The summed E-state index contributed by atoms with van der Waals surface area (Å²) in [5, 5.41) is 13.1. The van der Waals surface area contributed by atoms with Crippen LogP contribution in [0.4, 0.5) is 0 Å². The standard InChI is InChI=1S/C27H27ClN4O2S/c1-19-7-6-10-22(13-19)18-35-27-31-30-25(32(27)24-14-23(28)12-11-20(24)2)15-29-26(33)17-34-16-21-8-4-3-5-9-21/h3-14H,15-18H2,1-2H3,(H,29,33). The normalized spacial score (nSPS) is 10.9. The molecular weight excluding hydrogens is 480 g/mol. The van der Waals surface area contributed by atoms with Crippen LogP contribution < -0.4 is 5.32 Å². The van der Waals surface area contributed by atoms with E-state index < -0.39 is 0 Å². The summed E-state index contributed by atoms with van der Waals surface area (Å²) in [7, 11) is 0. The third kappa shape index (κ3) is 6.94. The van der Waals surface area contributed by atoms with Gasteiger partial charge in [-0.15, -0.1) is 10.2 Å². The van der Waals surface area contributed by atoms with Crippen molar-refractivity contribution < 1.29 is 9.53 Å². The topological polar surface area (TPSA) is 69.0 Å². The number of nitrogens with one attached hydrogen (secondary N) is 1. The molecule has 1 aromatic heterocycles. The Bertz CT molecular complexity index is 1290. The van der Waals surface area contributed by atoms with Crippen LogP contribution in [-0.2, 0) is 28.4 Å². The van der Waals surface area contributed by atoms with Gasteiger partial charge in [-0.1, -0.05) is 89.6 Å². The van der Waals surface area contributed by atoms with Crippen molar-refractivity contribution in [2.45, 2.75) is 37.9 Å². The molecule has 1 N–H and O–H groups in total. The molecule has 1 amide bonds. The molecule has 0 fully saturated rings. The second kappa shape index (κ2) is 12.0. The zero-order chi connectivity index (χ0) is 24.6. The molecule has 0 saturated carbocycles. The SMILES string of the molecule is Cc1cccc(CSc2nnc(CNC(=O)COCc3ccccc3)n2-c2cc(Cl)ccc2C)c1. The van der Waals surface area contributed by atoms with Gasteiger partial charge in [0.2, 0.25) is 5.91 Å². The van der Waals surface area contributed by atoms with E-state index in [-0.39, 0.29) is 19.1 Å². The average Bonchev–Trinajstić information content (AvgIpc) is 3.26. The predicted molar refractivity (Wildman–Crippen MR) is 140 cm³/mol. The molecule has 3 aromatic carbocycles. The molecule has 35 heavy (non-hydrogen) atoms. The van der Waals surface area contributed by atoms with E-state index in [1.165, 1.54) is 11.1 Å². The first-order valence-electron chi connectivity index (χ1n) is 11.3. The number of carbonyl (C=O) groups is 1. The first-order valence-corrected chi connectivity index (χ1v) is 12.6. The average molecular weight is 507 g/mol. The first-order chi connectivity index (χ1) is 17.0. The van der Waals surface area contributed by atoms with Gasteiger partial charge in [0.1, 0.15) is 6.61 Å². The van der Waals surface area contributed by atoms with Gasteiger partial charge in [-0.2, -0.15) is 0 Å². The molecule has 0 bridgehead atoms. The fourth-order valence-corrected chi connectivity index (χ4v) is 4.66. The Hall–Kier alpha value is -3.13. The number of carbonyl (C=O) groups excluding carboxylic acids is 1. The van der Waals surface area contributed by atoms with Crippen molar-refractivity contribution in [2.24, 2.45) is 0 Å². The van der Waals surface area contributed by atoms with Gasteiger partial charge in [-0.25, -0.2) is 0 Å². The quantitative estimate of drug-likeness (QED) is 0.281. The van der Waals surface area contributed by atoms with E-state index in [4.69, 9.17) is 16.3 Å². The highest BCUT2D eigenvalue weighted by Gasteiger charge is 2.17.